The number of carbonyl (C=O) groups excluding carboxylic acids is 2. The standard InChI is InChI=1S/C21H23FN2O4S/c1-27-20(25)19-10-14(13-29-19)11-24(17-5-3-2-4-16(17)22)21(26)28-18-12-23-8-6-15(18)7-9-23/h2-5,10,13,15,18H,6-9,11-12H2,1H3/t18-/m0/s1. The van der Waals surface area contributed by atoms with Gasteiger partial charge in [-0.15, -0.1) is 11.3 Å². The molecular formula is C21H23FN2O4S. The fourth-order valence-corrected chi connectivity index (χ4v) is 4.82. The van der Waals surface area contributed by atoms with Crippen molar-refractivity contribution in [3.8, 4) is 0 Å². The predicted molar refractivity (Wildman–Crippen MR) is 108 cm³/mol. The third-order valence-electron chi connectivity index (χ3n) is 5.59. The Kier molecular flexibility index (Phi) is 5.82. The van der Waals surface area contributed by atoms with Gasteiger partial charge in [0.05, 0.1) is 19.3 Å². The van der Waals surface area contributed by atoms with E-state index in [1.54, 1.807) is 29.6 Å². The highest BCUT2D eigenvalue weighted by Gasteiger charge is 2.37. The molecule has 1 atom stereocenters. The minimum absolute atomic E-state index is 0.106. The molecule has 0 aliphatic carbocycles. The molecule has 8 heteroatoms. The van der Waals surface area contributed by atoms with E-state index < -0.39 is 17.9 Å². The highest BCUT2D eigenvalue weighted by Crippen LogP contribution is 2.31. The second-order valence-electron chi connectivity index (χ2n) is 7.41. The van der Waals surface area contributed by atoms with Crippen molar-refractivity contribution in [3.05, 3.63) is 52.0 Å². The number of halogens is 1. The van der Waals surface area contributed by atoms with Crippen molar-refractivity contribution in [1.82, 2.24) is 4.90 Å². The molecule has 6 nitrogen and oxygen atoms in total. The van der Waals surface area contributed by atoms with E-state index in [1.165, 1.54) is 29.4 Å². The Morgan fingerprint density at radius 1 is 1.28 bits per heavy atom. The molecule has 4 heterocycles. The van der Waals surface area contributed by atoms with Crippen LogP contribution >= 0.6 is 11.3 Å². The van der Waals surface area contributed by atoms with Gasteiger partial charge in [-0.25, -0.2) is 14.0 Å². The Labute approximate surface area is 172 Å². The number of anilines is 1. The van der Waals surface area contributed by atoms with Crippen molar-refractivity contribution < 1.29 is 23.5 Å². The molecule has 0 saturated carbocycles. The Morgan fingerprint density at radius 2 is 2.03 bits per heavy atom. The monoisotopic (exact) mass is 418 g/mol. The van der Waals surface area contributed by atoms with E-state index >= 15 is 0 Å². The summed E-state index contributed by atoms with van der Waals surface area (Å²) in [5, 5.41) is 1.77. The lowest BCUT2D eigenvalue weighted by Crippen LogP contribution is -2.53. The van der Waals surface area contributed by atoms with Gasteiger partial charge in [0, 0.05) is 6.54 Å². The molecule has 3 aliphatic heterocycles. The number of thiophene rings is 1. The van der Waals surface area contributed by atoms with Crippen molar-refractivity contribution in [2.24, 2.45) is 5.92 Å². The summed E-state index contributed by atoms with van der Waals surface area (Å²) >= 11 is 1.23. The number of rotatable bonds is 5. The molecule has 0 N–H and O–H groups in total. The van der Waals surface area contributed by atoms with Gasteiger partial charge in [-0.3, -0.25) is 9.80 Å². The van der Waals surface area contributed by atoms with E-state index in [9.17, 15) is 14.0 Å². The number of piperidine rings is 3. The van der Waals surface area contributed by atoms with Gasteiger partial charge in [0.1, 0.15) is 16.8 Å². The molecule has 29 heavy (non-hydrogen) atoms. The highest BCUT2D eigenvalue weighted by atomic mass is 32.1. The van der Waals surface area contributed by atoms with E-state index in [0.29, 0.717) is 16.4 Å². The zero-order valence-electron chi connectivity index (χ0n) is 16.2. The molecule has 0 unspecified atom stereocenters. The van der Waals surface area contributed by atoms with Gasteiger partial charge in [0.25, 0.3) is 0 Å². The summed E-state index contributed by atoms with van der Waals surface area (Å²) in [5.74, 6) is -0.575. The number of benzene rings is 1. The number of hydrogen-bond donors (Lipinski definition) is 0. The van der Waals surface area contributed by atoms with Crippen LogP contribution in [0.15, 0.2) is 35.7 Å². The quantitative estimate of drug-likeness (QED) is 0.689. The van der Waals surface area contributed by atoms with E-state index in [-0.39, 0.29) is 18.3 Å². The molecule has 1 aromatic carbocycles. The van der Waals surface area contributed by atoms with Crippen LogP contribution in [0.25, 0.3) is 0 Å². The average Bonchev–Trinajstić information content (AvgIpc) is 3.21. The predicted octanol–water partition coefficient (Wildman–Crippen LogP) is 3.91. The smallest absolute Gasteiger partial charge is 0.415 e. The maximum atomic E-state index is 14.5. The lowest BCUT2D eigenvalue weighted by atomic mass is 9.86. The van der Waals surface area contributed by atoms with Gasteiger partial charge < -0.3 is 9.47 Å². The maximum Gasteiger partial charge on any atom is 0.415 e. The van der Waals surface area contributed by atoms with Crippen LogP contribution in [0, 0.1) is 11.7 Å². The molecular weight excluding hydrogens is 395 g/mol. The molecule has 5 rings (SSSR count). The zero-order valence-corrected chi connectivity index (χ0v) is 17.0. The van der Waals surface area contributed by atoms with Gasteiger partial charge >= 0.3 is 12.1 Å². The number of ether oxygens (including phenoxy) is 2. The van der Waals surface area contributed by atoms with Crippen LogP contribution < -0.4 is 4.90 Å². The third kappa shape index (κ3) is 4.28. The van der Waals surface area contributed by atoms with Gasteiger partial charge in [-0.05, 0) is 61.0 Å². The molecule has 3 fully saturated rings. The van der Waals surface area contributed by atoms with Gasteiger partial charge in [0.15, 0.2) is 0 Å². The lowest BCUT2D eigenvalue weighted by Gasteiger charge is -2.44. The first-order valence-corrected chi connectivity index (χ1v) is 10.5. The number of nitrogens with zero attached hydrogens (tertiary/aromatic N) is 2. The lowest BCUT2D eigenvalue weighted by molar-refractivity contribution is -0.0311. The van der Waals surface area contributed by atoms with Crippen molar-refractivity contribution in [1.29, 1.82) is 0 Å². The van der Waals surface area contributed by atoms with Gasteiger partial charge in [-0.2, -0.15) is 0 Å². The molecule has 2 aromatic rings. The SMILES string of the molecule is COC(=O)c1cc(CN(C(=O)O[C@H]2CN3CCC2CC3)c2ccccc2F)cs1. The number of hydrogen-bond acceptors (Lipinski definition) is 6. The molecule has 3 aliphatic rings. The summed E-state index contributed by atoms with van der Waals surface area (Å²) in [5.41, 5.74) is 0.870. The molecule has 1 amide bonds. The Bertz CT molecular complexity index is 894. The topological polar surface area (TPSA) is 59.1 Å². The zero-order chi connectivity index (χ0) is 20.4. The Morgan fingerprint density at radius 3 is 2.69 bits per heavy atom. The fraction of sp³-hybridized carbons (Fsp3) is 0.429. The summed E-state index contributed by atoms with van der Waals surface area (Å²) in [6, 6.07) is 7.79. The average molecular weight is 418 g/mol. The van der Waals surface area contributed by atoms with E-state index in [2.05, 4.69) is 4.90 Å². The second kappa shape index (κ2) is 8.51. The number of para-hydroxylation sites is 1. The van der Waals surface area contributed by atoms with Crippen LogP contribution in [0.4, 0.5) is 14.9 Å². The molecule has 154 valence electrons. The van der Waals surface area contributed by atoms with Crippen LogP contribution in [-0.2, 0) is 16.0 Å². The number of esters is 1. The van der Waals surface area contributed by atoms with E-state index in [4.69, 9.17) is 9.47 Å². The normalized spacial score (nSPS) is 22.9. The number of amides is 1. The fourth-order valence-electron chi connectivity index (χ4n) is 4.00. The highest BCUT2D eigenvalue weighted by molar-refractivity contribution is 7.12. The van der Waals surface area contributed by atoms with Crippen LogP contribution in [0.3, 0.4) is 0 Å². The third-order valence-corrected chi connectivity index (χ3v) is 6.55. The first-order chi connectivity index (χ1) is 14.0. The second-order valence-corrected chi connectivity index (χ2v) is 8.32. The van der Waals surface area contributed by atoms with Crippen molar-refractivity contribution in [2.75, 3.05) is 31.6 Å². The Hall–Kier alpha value is -2.45. The van der Waals surface area contributed by atoms with E-state index in [1.807, 2.05) is 0 Å². The van der Waals surface area contributed by atoms with Gasteiger partial charge in [-0.1, -0.05) is 12.1 Å². The van der Waals surface area contributed by atoms with Crippen molar-refractivity contribution in [2.45, 2.75) is 25.5 Å². The number of carbonyl (C=O) groups is 2. The summed E-state index contributed by atoms with van der Waals surface area (Å²) in [6.07, 6.45) is 1.29. The van der Waals surface area contributed by atoms with Crippen LogP contribution in [-0.4, -0.2) is 49.8 Å². The van der Waals surface area contributed by atoms with E-state index in [0.717, 1.165) is 32.5 Å². The molecule has 0 spiro atoms. The largest absolute Gasteiger partial charge is 0.465 e. The molecule has 1 aromatic heterocycles. The first-order valence-electron chi connectivity index (χ1n) is 9.66. The summed E-state index contributed by atoms with van der Waals surface area (Å²) in [4.78, 5) is 28.8. The minimum Gasteiger partial charge on any atom is -0.465 e. The number of methoxy groups -OCH3 is 1. The maximum absolute atomic E-state index is 14.5. The minimum atomic E-state index is -0.570. The summed E-state index contributed by atoms with van der Waals surface area (Å²) in [7, 11) is 1.32. The van der Waals surface area contributed by atoms with Crippen LogP contribution in [0.1, 0.15) is 28.1 Å². The number of fused-ring (bicyclic) bond motifs is 3. The first kappa shape index (κ1) is 19.8. The summed E-state index contributed by atoms with van der Waals surface area (Å²) in [6.45, 7) is 2.92. The molecule has 2 bridgehead atoms. The molecule has 3 saturated heterocycles. The van der Waals surface area contributed by atoms with Gasteiger partial charge in [0.2, 0.25) is 0 Å². The van der Waals surface area contributed by atoms with Crippen LogP contribution in [0.2, 0.25) is 0 Å². The Balaban J connectivity index is 1.55. The van der Waals surface area contributed by atoms with Crippen LogP contribution in [0.5, 0.6) is 0 Å². The van der Waals surface area contributed by atoms with Crippen molar-refractivity contribution in [3.63, 3.8) is 0 Å². The van der Waals surface area contributed by atoms with Crippen molar-refractivity contribution >= 4 is 29.1 Å². The molecule has 0 radical (unpaired) electrons. The summed E-state index contributed by atoms with van der Waals surface area (Å²) < 4.78 is 25.1.